The number of sulfonamides is 1. The minimum Gasteiger partial charge on any atom is -0.508 e. The zero-order valence-electron chi connectivity index (χ0n) is 15.9. The van der Waals surface area contributed by atoms with Crippen LogP contribution >= 0.6 is 11.3 Å². The van der Waals surface area contributed by atoms with Crippen molar-refractivity contribution in [1.82, 2.24) is 19.8 Å². The molecule has 10 heteroatoms. The van der Waals surface area contributed by atoms with Crippen LogP contribution in [-0.2, 0) is 10.0 Å². The first-order valence-corrected chi connectivity index (χ1v) is 11.5. The summed E-state index contributed by atoms with van der Waals surface area (Å²) in [5.41, 5.74) is 4.77. The lowest BCUT2D eigenvalue weighted by molar-refractivity contribution is 0.340. The molecule has 0 aliphatic carbocycles. The zero-order chi connectivity index (χ0) is 21.4. The van der Waals surface area contributed by atoms with Crippen LogP contribution in [0.3, 0.4) is 0 Å². The molecule has 0 bridgehead atoms. The molecule has 1 aromatic carbocycles. The molecule has 3 aromatic heterocycles. The minimum atomic E-state index is -3.97. The predicted molar refractivity (Wildman–Crippen MR) is 115 cm³/mol. The molecule has 1 aliphatic rings. The third kappa shape index (κ3) is 3.50. The second-order valence-electron chi connectivity index (χ2n) is 6.72. The number of hydrazine groups is 1. The van der Waals surface area contributed by atoms with Crippen molar-refractivity contribution in [3.63, 3.8) is 0 Å². The third-order valence-corrected chi connectivity index (χ3v) is 8.06. The fourth-order valence-electron chi connectivity index (χ4n) is 3.32. The summed E-state index contributed by atoms with van der Waals surface area (Å²) >= 11 is 1.08. The molecule has 2 N–H and O–H groups in total. The van der Waals surface area contributed by atoms with Gasteiger partial charge in [0.25, 0.3) is 10.0 Å². The maximum Gasteiger partial charge on any atom is 0.270 e. The van der Waals surface area contributed by atoms with Crippen LogP contribution in [0.2, 0.25) is 0 Å². The van der Waals surface area contributed by atoms with Gasteiger partial charge in [-0.2, -0.15) is 0 Å². The Bertz CT molecular complexity index is 1350. The maximum atomic E-state index is 13.6. The van der Waals surface area contributed by atoms with Crippen LogP contribution in [0.25, 0.3) is 16.3 Å². The number of para-hydroxylation sites is 1. The van der Waals surface area contributed by atoms with E-state index in [0.29, 0.717) is 21.9 Å². The lowest BCUT2D eigenvalue weighted by Gasteiger charge is -2.24. The molecule has 8 nitrogen and oxygen atoms in total. The number of benzene rings is 1. The van der Waals surface area contributed by atoms with Crippen molar-refractivity contribution in [1.29, 1.82) is 0 Å². The number of nitrogens with one attached hydrogen (secondary N) is 1. The Morgan fingerprint density at radius 1 is 1.06 bits per heavy atom. The number of thiophene rings is 1. The van der Waals surface area contributed by atoms with Crippen molar-refractivity contribution >= 4 is 27.1 Å². The number of aromatic hydroxyl groups is 1. The summed E-state index contributed by atoms with van der Waals surface area (Å²) in [6.45, 7) is 0. The second kappa shape index (κ2) is 7.65. The molecule has 0 fully saturated rings. The largest absolute Gasteiger partial charge is 0.508 e. The van der Waals surface area contributed by atoms with Crippen LogP contribution in [0.4, 0.5) is 0 Å². The van der Waals surface area contributed by atoms with E-state index in [2.05, 4.69) is 15.4 Å². The summed E-state index contributed by atoms with van der Waals surface area (Å²) in [5.74, 6) is 0.499. The summed E-state index contributed by atoms with van der Waals surface area (Å²) in [4.78, 5) is 8.64. The highest BCUT2D eigenvalue weighted by molar-refractivity contribution is 7.91. The molecule has 31 heavy (non-hydrogen) atoms. The van der Waals surface area contributed by atoms with Crippen molar-refractivity contribution in [2.45, 2.75) is 10.3 Å². The minimum absolute atomic E-state index is 0.00622. The standard InChI is InChI=1S/C21H16N4O4S2/c26-18-6-2-1-5-15(18)17-10-16(14-4-3-9-22-11-14)24-25(17)31(27,28)21-8-7-20(30-21)19-12-23-13-29-19/h1-13,17,24,26H. The predicted octanol–water partition coefficient (Wildman–Crippen LogP) is 3.80. The van der Waals surface area contributed by atoms with Gasteiger partial charge in [0, 0.05) is 23.5 Å². The van der Waals surface area contributed by atoms with Crippen LogP contribution < -0.4 is 5.43 Å². The van der Waals surface area contributed by atoms with Gasteiger partial charge in [0.1, 0.15) is 9.96 Å². The smallest absolute Gasteiger partial charge is 0.270 e. The molecule has 0 radical (unpaired) electrons. The highest BCUT2D eigenvalue weighted by atomic mass is 32.2. The van der Waals surface area contributed by atoms with Crippen molar-refractivity contribution in [2.75, 3.05) is 0 Å². The Kier molecular flexibility index (Phi) is 4.81. The van der Waals surface area contributed by atoms with Crippen LogP contribution in [0.15, 0.2) is 88.2 Å². The van der Waals surface area contributed by atoms with Gasteiger partial charge in [0.05, 0.1) is 22.8 Å². The lowest BCUT2D eigenvalue weighted by Crippen LogP contribution is -2.39. The number of phenolic OH excluding ortho intramolecular Hbond substituents is 1. The Labute approximate surface area is 182 Å². The number of aromatic nitrogens is 2. The van der Waals surface area contributed by atoms with E-state index in [1.54, 1.807) is 48.8 Å². The highest BCUT2D eigenvalue weighted by Gasteiger charge is 2.39. The van der Waals surface area contributed by atoms with Crippen LogP contribution in [0.5, 0.6) is 5.75 Å². The van der Waals surface area contributed by atoms with Gasteiger partial charge in [0.15, 0.2) is 12.2 Å². The van der Waals surface area contributed by atoms with Crippen LogP contribution in [0.1, 0.15) is 17.2 Å². The van der Waals surface area contributed by atoms with E-state index in [9.17, 15) is 13.5 Å². The van der Waals surface area contributed by atoms with E-state index < -0.39 is 16.1 Å². The molecule has 156 valence electrons. The van der Waals surface area contributed by atoms with Crippen molar-refractivity contribution in [2.24, 2.45) is 0 Å². The highest BCUT2D eigenvalue weighted by Crippen LogP contribution is 2.40. The molecule has 4 aromatic rings. The number of phenols is 1. The summed E-state index contributed by atoms with van der Waals surface area (Å²) < 4.78 is 33.7. The number of hydrogen-bond donors (Lipinski definition) is 2. The molecule has 0 saturated carbocycles. The summed E-state index contributed by atoms with van der Waals surface area (Å²) in [7, 11) is -3.97. The molecular weight excluding hydrogens is 436 g/mol. The topological polar surface area (TPSA) is 109 Å². The van der Waals surface area contributed by atoms with Gasteiger partial charge in [-0.15, -0.1) is 11.3 Å². The monoisotopic (exact) mass is 452 g/mol. The molecular formula is C21H16N4O4S2. The number of rotatable bonds is 5. The fraction of sp³-hybridized carbons (Fsp3) is 0.0476. The molecule has 0 amide bonds. The molecule has 5 rings (SSSR count). The molecule has 1 atom stereocenters. The molecule has 1 unspecified atom stereocenters. The second-order valence-corrected chi connectivity index (χ2v) is 9.85. The Hall–Kier alpha value is -3.47. The Morgan fingerprint density at radius 2 is 1.94 bits per heavy atom. The molecule has 1 aliphatic heterocycles. The van der Waals surface area contributed by atoms with E-state index in [-0.39, 0.29) is 9.96 Å². The Morgan fingerprint density at radius 3 is 2.68 bits per heavy atom. The van der Waals surface area contributed by atoms with Crippen molar-refractivity contribution in [3.8, 4) is 16.4 Å². The summed E-state index contributed by atoms with van der Waals surface area (Å²) in [5, 5.41) is 10.4. The van der Waals surface area contributed by atoms with Gasteiger partial charge in [-0.1, -0.05) is 22.6 Å². The first kappa shape index (κ1) is 19.5. The van der Waals surface area contributed by atoms with Crippen molar-refractivity contribution < 1.29 is 17.9 Å². The number of hydrogen-bond acceptors (Lipinski definition) is 8. The van der Waals surface area contributed by atoms with Crippen LogP contribution in [0, 0.1) is 0 Å². The third-order valence-electron chi connectivity index (χ3n) is 4.81. The van der Waals surface area contributed by atoms with Gasteiger partial charge in [-0.3, -0.25) is 4.98 Å². The normalized spacial score (nSPS) is 16.8. The molecule has 0 spiro atoms. The lowest BCUT2D eigenvalue weighted by atomic mass is 10.1. The van der Waals surface area contributed by atoms with E-state index >= 15 is 0 Å². The van der Waals surface area contributed by atoms with E-state index in [4.69, 9.17) is 4.42 Å². The quantitative estimate of drug-likeness (QED) is 0.474. The van der Waals surface area contributed by atoms with Crippen LogP contribution in [-0.4, -0.2) is 27.9 Å². The Balaban J connectivity index is 1.57. The van der Waals surface area contributed by atoms with E-state index in [0.717, 1.165) is 21.3 Å². The van der Waals surface area contributed by atoms with Crippen molar-refractivity contribution in [3.05, 3.63) is 90.7 Å². The average molecular weight is 453 g/mol. The van der Waals surface area contributed by atoms with E-state index in [1.807, 2.05) is 6.07 Å². The van der Waals surface area contributed by atoms with Gasteiger partial charge >= 0.3 is 0 Å². The van der Waals surface area contributed by atoms with E-state index in [1.165, 1.54) is 24.7 Å². The summed E-state index contributed by atoms with van der Waals surface area (Å²) in [6.07, 6.45) is 7.87. The molecule has 4 heterocycles. The number of oxazole rings is 1. The number of pyridine rings is 1. The maximum absolute atomic E-state index is 13.6. The fourth-order valence-corrected chi connectivity index (χ4v) is 6.07. The average Bonchev–Trinajstić information content (AvgIpc) is 3.55. The SMILES string of the molecule is O=S(=O)(c1ccc(-c2cnco2)s1)N1NC(c2cccnc2)=CC1c1ccccc1O. The zero-order valence-corrected chi connectivity index (χ0v) is 17.5. The van der Waals surface area contributed by atoms with Gasteiger partial charge in [-0.05, 0) is 36.4 Å². The van der Waals surface area contributed by atoms with Gasteiger partial charge in [-0.25, -0.2) is 13.4 Å². The first-order chi connectivity index (χ1) is 15.0. The number of nitrogens with zero attached hydrogens (tertiary/aromatic N) is 3. The molecule has 0 saturated heterocycles. The first-order valence-electron chi connectivity index (χ1n) is 9.24. The van der Waals surface area contributed by atoms with Gasteiger partial charge in [0.2, 0.25) is 0 Å². The van der Waals surface area contributed by atoms with Gasteiger partial charge < -0.3 is 14.9 Å². The summed E-state index contributed by atoms with van der Waals surface area (Å²) in [6, 6.07) is 12.7.